The number of esters is 1. The predicted octanol–water partition coefficient (Wildman–Crippen LogP) is 3.99. The van der Waals surface area contributed by atoms with Crippen LogP contribution < -0.4 is 0 Å². The van der Waals surface area contributed by atoms with Crippen molar-refractivity contribution < 1.29 is 9.53 Å². The van der Waals surface area contributed by atoms with Crippen LogP contribution in [0.4, 0.5) is 0 Å². The van der Waals surface area contributed by atoms with E-state index in [1.54, 1.807) is 19.1 Å². The maximum Gasteiger partial charge on any atom is 0.338 e. The molecule has 120 valence electrons. The molecule has 6 heteroatoms. The Morgan fingerprint density at radius 3 is 2.08 bits per heavy atom. The normalized spacial score (nSPS) is 10.4. The lowest BCUT2D eigenvalue weighted by Gasteiger charge is -2.06. The van der Waals surface area contributed by atoms with Gasteiger partial charge in [0.15, 0.2) is 15.5 Å². The molecule has 3 rings (SSSR count). The molecule has 0 fully saturated rings. The molecule has 0 bridgehead atoms. The van der Waals surface area contributed by atoms with Crippen molar-refractivity contribution >= 4 is 28.6 Å². The number of hydrogen-bond acceptors (Lipinski definition) is 5. The average molecular weight is 431 g/mol. The van der Waals surface area contributed by atoms with E-state index in [4.69, 9.17) is 4.74 Å². The Morgan fingerprint density at radius 2 is 1.50 bits per heavy atom. The molecular formula is C18H14IN3O2. The standard InChI is InChI=1S/C18H14IN3O2/c1-2-24-17(23)14-10-8-13(9-11-14)16-20-15(21-18(19)22-16)12-6-4-3-5-7-12/h3-11H,2H2,1H3. The summed E-state index contributed by atoms with van der Waals surface area (Å²) in [5.41, 5.74) is 2.26. The summed E-state index contributed by atoms with van der Waals surface area (Å²) in [6, 6.07) is 16.8. The summed E-state index contributed by atoms with van der Waals surface area (Å²) in [6.07, 6.45) is 0. The van der Waals surface area contributed by atoms with Crippen LogP contribution in [0, 0.1) is 3.83 Å². The van der Waals surface area contributed by atoms with Crippen molar-refractivity contribution in [2.24, 2.45) is 0 Å². The molecule has 0 aliphatic heterocycles. The highest BCUT2D eigenvalue weighted by Gasteiger charge is 2.11. The molecule has 0 amide bonds. The SMILES string of the molecule is CCOC(=O)c1ccc(-c2nc(I)nc(-c3ccccc3)n2)cc1. The number of ether oxygens (including phenoxy) is 1. The van der Waals surface area contributed by atoms with E-state index < -0.39 is 0 Å². The second-order valence-corrected chi connectivity index (χ2v) is 5.88. The molecule has 0 aliphatic rings. The Balaban J connectivity index is 1.95. The molecule has 2 aromatic carbocycles. The highest BCUT2D eigenvalue weighted by Crippen LogP contribution is 2.21. The van der Waals surface area contributed by atoms with Gasteiger partial charge < -0.3 is 4.74 Å². The van der Waals surface area contributed by atoms with Crippen LogP contribution in [0.2, 0.25) is 0 Å². The maximum atomic E-state index is 11.7. The van der Waals surface area contributed by atoms with Crippen LogP contribution >= 0.6 is 22.6 Å². The first-order valence-corrected chi connectivity index (χ1v) is 8.50. The Bertz CT molecular complexity index is 852. The summed E-state index contributed by atoms with van der Waals surface area (Å²) in [5.74, 6) is 0.863. The third kappa shape index (κ3) is 3.76. The lowest BCUT2D eigenvalue weighted by molar-refractivity contribution is 0.0526. The largest absolute Gasteiger partial charge is 0.462 e. The van der Waals surface area contributed by atoms with E-state index in [2.05, 4.69) is 37.5 Å². The molecule has 0 radical (unpaired) electrons. The molecule has 5 nitrogen and oxygen atoms in total. The van der Waals surface area contributed by atoms with Gasteiger partial charge in [0.05, 0.1) is 12.2 Å². The highest BCUT2D eigenvalue weighted by molar-refractivity contribution is 14.1. The molecule has 0 spiro atoms. The van der Waals surface area contributed by atoms with Crippen molar-refractivity contribution in [3.05, 3.63) is 64.0 Å². The van der Waals surface area contributed by atoms with E-state index in [0.29, 0.717) is 27.7 Å². The van der Waals surface area contributed by atoms with Gasteiger partial charge in [0.25, 0.3) is 0 Å². The van der Waals surface area contributed by atoms with Crippen LogP contribution in [0.1, 0.15) is 17.3 Å². The molecule has 0 aliphatic carbocycles. The summed E-state index contributed by atoms with van der Waals surface area (Å²) >= 11 is 2.08. The first kappa shape index (κ1) is 16.5. The maximum absolute atomic E-state index is 11.7. The van der Waals surface area contributed by atoms with E-state index in [1.165, 1.54) is 0 Å². The zero-order valence-corrected chi connectivity index (χ0v) is 15.1. The molecule has 0 N–H and O–H groups in total. The van der Waals surface area contributed by atoms with Gasteiger partial charge in [-0.3, -0.25) is 0 Å². The van der Waals surface area contributed by atoms with Gasteiger partial charge in [-0.05, 0) is 19.1 Å². The molecule has 1 heterocycles. The van der Waals surface area contributed by atoms with Gasteiger partial charge >= 0.3 is 5.97 Å². The summed E-state index contributed by atoms with van der Waals surface area (Å²) in [5, 5.41) is 0. The minimum Gasteiger partial charge on any atom is -0.462 e. The first-order chi connectivity index (χ1) is 11.7. The van der Waals surface area contributed by atoms with E-state index in [1.807, 2.05) is 42.5 Å². The summed E-state index contributed by atoms with van der Waals surface area (Å²) in [4.78, 5) is 25.0. The number of carbonyl (C=O) groups is 1. The highest BCUT2D eigenvalue weighted by atomic mass is 127. The van der Waals surface area contributed by atoms with E-state index in [0.717, 1.165) is 11.1 Å². The van der Waals surface area contributed by atoms with Crippen molar-refractivity contribution in [2.75, 3.05) is 6.61 Å². The lowest BCUT2D eigenvalue weighted by Crippen LogP contribution is -2.04. The molecule has 0 saturated heterocycles. The fourth-order valence-electron chi connectivity index (χ4n) is 2.17. The molecule has 0 unspecified atom stereocenters. The van der Waals surface area contributed by atoms with Crippen LogP contribution in [0.15, 0.2) is 54.6 Å². The van der Waals surface area contributed by atoms with Gasteiger partial charge in [0, 0.05) is 33.7 Å². The first-order valence-electron chi connectivity index (χ1n) is 7.42. The van der Waals surface area contributed by atoms with E-state index in [9.17, 15) is 4.79 Å². The van der Waals surface area contributed by atoms with Crippen molar-refractivity contribution in [2.45, 2.75) is 6.92 Å². The predicted molar refractivity (Wildman–Crippen MR) is 99.4 cm³/mol. The van der Waals surface area contributed by atoms with Crippen molar-refractivity contribution in [3.8, 4) is 22.8 Å². The number of halogens is 1. The molecular weight excluding hydrogens is 417 g/mol. The monoisotopic (exact) mass is 431 g/mol. The van der Waals surface area contributed by atoms with Gasteiger partial charge in [0.1, 0.15) is 0 Å². The number of benzene rings is 2. The zero-order chi connectivity index (χ0) is 16.9. The Labute approximate surface area is 153 Å². The van der Waals surface area contributed by atoms with Gasteiger partial charge in [0.2, 0.25) is 0 Å². The van der Waals surface area contributed by atoms with Gasteiger partial charge in [-0.25, -0.2) is 19.7 Å². The average Bonchev–Trinajstić information content (AvgIpc) is 2.62. The molecule has 3 aromatic rings. The van der Waals surface area contributed by atoms with Gasteiger partial charge in [-0.15, -0.1) is 0 Å². The number of rotatable bonds is 4. The van der Waals surface area contributed by atoms with Crippen molar-refractivity contribution in [1.29, 1.82) is 0 Å². The number of nitrogens with zero attached hydrogens (tertiary/aromatic N) is 3. The van der Waals surface area contributed by atoms with Crippen molar-refractivity contribution in [3.63, 3.8) is 0 Å². The molecule has 1 aromatic heterocycles. The number of aromatic nitrogens is 3. The minimum atomic E-state index is -0.334. The second-order valence-electron chi connectivity index (χ2n) is 4.92. The smallest absolute Gasteiger partial charge is 0.338 e. The minimum absolute atomic E-state index is 0.334. The third-order valence-corrected chi connectivity index (χ3v) is 3.78. The summed E-state index contributed by atoms with van der Waals surface area (Å²) < 4.78 is 5.60. The second kappa shape index (κ2) is 7.48. The number of carbonyl (C=O) groups excluding carboxylic acids is 1. The van der Waals surface area contributed by atoms with E-state index >= 15 is 0 Å². The van der Waals surface area contributed by atoms with Crippen LogP contribution in [0.3, 0.4) is 0 Å². The Morgan fingerprint density at radius 1 is 0.917 bits per heavy atom. The van der Waals surface area contributed by atoms with Crippen LogP contribution in [0.5, 0.6) is 0 Å². The quantitative estimate of drug-likeness (QED) is 0.462. The van der Waals surface area contributed by atoms with Crippen molar-refractivity contribution in [1.82, 2.24) is 15.0 Å². The van der Waals surface area contributed by atoms with Gasteiger partial charge in [-0.2, -0.15) is 0 Å². The van der Waals surface area contributed by atoms with Crippen LogP contribution in [-0.2, 0) is 4.74 Å². The van der Waals surface area contributed by atoms with E-state index in [-0.39, 0.29) is 5.97 Å². The third-order valence-electron chi connectivity index (χ3n) is 3.29. The topological polar surface area (TPSA) is 65.0 Å². The lowest BCUT2D eigenvalue weighted by atomic mass is 10.1. The van der Waals surface area contributed by atoms with Crippen LogP contribution in [0.25, 0.3) is 22.8 Å². The fraction of sp³-hybridized carbons (Fsp3) is 0.111. The molecule has 0 atom stereocenters. The van der Waals surface area contributed by atoms with Crippen LogP contribution in [-0.4, -0.2) is 27.5 Å². The Hall–Kier alpha value is -2.35. The summed E-state index contributed by atoms with van der Waals surface area (Å²) in [7, 11) is 0. The molecule has 0 saturated carbocycles. The zero-order valence-electron chi connectivity index (χ0n) is 12.9. The fourth-order valence-corrected chi connectivity index (χ4v) is 2.62. The Kier molecular flexibility index (Phi) is 5.14. The summed E-state index contributed by atoms with van der Waals surface area (Å²) in [6.45, 7) is 2.14. The molecule has 24 heavy (non-hydrogen) atoms. The number of hydrogen-bond donors (Lipinski definition) is 0. The van der Waals surface area contributed by atoms with Gasteiger partial charge in [-0.1, -0.05) is 42.5 Å².